The molecule has 0 atom stereocenters. The lowest BCUT2D eigenvalue weighted by Crippen LogP contribution is -2.17. The van der Waals surface area contributed by atoms with E-state index in [-0.39, 0.29) is 11.5 Å². The Kier molecular flexibility index (Phi) is 2.00. The Balaban J connectivity index is 3.06. The first-order valence-electron chi connectivity index (χ1n) is 2.89. The number of nitrogens with zero attached hydrogens (tertiary/aromatic N) is 2. The van der Waals surface area contributed by atoms with Gasteiger partial charge in [-0.05, 0) is 6.07 Å². The van der Waals surface area contributed by atoms with Crippen LogP contribution in [0.15, 0.2) is 23.4 Å². The van der Waals surface area contributed by atoms with Crippen LogP contribution in [0.1, 0.15) is 5.69 Å². The molecule has 0 unspecified atom stereocenters. The van der Waals surface area contributed by atoms with E-state index in [0.717, 1.165) is 6.07 Å². The molecule has 0 bridgehead atoms. The third kappa shape index (κ3) is 1.64. The number of rotatable bonds is 1. The predicted molar refractivity (Wildman–Crippen MR) is 39.1 cm³/mol. The number of hydrogen-bond donors (Lipinski definition) is 2. The first kappa shape index (κ1) is 7.46. The summed E-state index contributed by atoms with van der Waals surface area (Å²) in [7, 11) is 0. The van der Waals surface area contributed by atoms with Gasteiger partial charge in [-0.1, -0.05) is 0 Å². The van der Waals surface area contributed by atoms with E-state index in [1.165, 1.54) is 12.3 Å². The second kappa shape index (κ2) is 2.96. The first-order valence-corrected chi connectivity index (χ1v) is 2.89. The van der Waals surface area contributed by atoms with Crippen LogP contribution in [-0.2, 0) is 0 Å². The van der Waals surface area contributed by atoms with Crippen molar-refractivity contribution in [2.75, 3.05) is 0 Å². The van der Waals surface area contributed by atoms with Gasteiger partial charge in [0.1, 0.15) is 11.5 Å². The summed E-state index contributed by atoms with van der Waals surface area (Å²) in [6.45, 7) is 0. The van der Waals surface area contributed by atoms with Crippen molar-refractivity contribution in [1.82, 2.24) is 4.98 Å². The van der Waals surface area contributed by atoms with Crippen LogP contribution >= 0.6 is 0 Å². The van der Waals surface area contributed by atoms with Crippen LogP contribution in [0.4, 0.5) is 4.39 Å². The summed E-state index contributed by atoms with van der Waals surface area (Å²) in [5.74, 6) is 4.46. The molecule has 0 aliphatic carbocycles. The summed E-state index contributed by atoms with van der Waals surface area (Å²) in [4.78, 5) is 3.73. The maximum Gasteiger partial charge on any atom is 0.169 e. The second-order valence-electron chi connectivity index (χ2n) is 1.87. The number of pyridine rings is 1. The van der Waals surface area contributed by atoms with Crippen LogP contribution < -0.4 is 11.6 Å². The Hall–Kier alpha value is -1.65. The smallest absolute Gasteiger partial charge is 0.169 e. The van der Waals surface area contributed by atoms with E-state index in [0.29, 0.717) is 0 Å². The van der Waals surface area contributed by atoms with E-state index in [1.54, 1.807) is 0 Å². The van der Waals surface area contributed by atoms with E-state index in [4.69, 9.17) is 11.6 Å². The average molecular weight is 154 g/mol. The van der Waals surface area contributed by atoms with Crippen molar-refractivity contribution in [3.63, 3.8) is 0 Å². The monoisotopic (exact) mass is 154 g/mol. The molecule has 0 aliphatic rings. The Morgan fingerprint density at radius 1 is 1.64 bits per heavy atom. The van der Waals surface area contributed by atoms with Crippen molar-refractivity contribution in [2.24, 2.45) is 16.7 Å². The lowest BCUT2D eigenvalue weighted by Gasteiger charge is -1.95. The van der Waals surface area contributed by atoms with Crippen molar-refractivity contribution in [1.29, 1.82) is 0 Å². The van der Waals surface area contributed by atoms with Crippen LogP contribution in [0.25, 0.3) is 0 Å². The van der Waals surface area contributed by atoms with Gasteiger partial charge < -0.3 is 11.6 Å². The fourth-order valence-corrected chi connectivity index (χ4v) is 0.611. The quantitative estimate of drug-likeness (QED) is 0.254. The molecule has 1 aromatic heterocycles. The van der Waals surface area contributed by atoms with Crippen molar-refractivity contribution >= 4 is 5.84 Å². The van der Waals surface area contributed by atoms with Gasteiger partial charge in [-0.15, -0.1) is 0 Å². The molecule has 0 radical (unpaired) electrons. The van der Waals surface area contributed by atoms with Gasteiger partial charge in [0.25, 0.3) is 0 Å². The van der Waals surface area contributed by atoms with Gasteiger partial charge in [0.15, 0.2) is 5.84 Å². The molecule has 0 fully saturated rings. The number of halogens is 1. The molecule has 0 saturated heterocycles. The molecule has 5 heteroatoms. The lowest BCUT2D eigenvalue weighted by molar-refractivity contribution is 0.625. The van der Waals surface area contributed by atoms with E-state index < -0.39 is 5.82 Å². The largest absolute Gasteiger partial charge is 0.380 e. The summed E-state index contributed by atoms with van der Waals surface area (Å²) >= 11 is 0. The van der Waals surface area contributed by atoms with Crippen molar-refractivity contribution in [3.05, 3.63) is 29.8 Å². The molecule has 0 aliphatic heterocycles. The molecule has 0 aromatic carbocycles. The number of hydrogen-bond acceptors (Lipinski definition) is 3. The van der Waals surface area contributed by atoms with Gasteiger partial charge in [0.05, 0.1) is 0 Å². The van der Waals surface area contributed by atoms with E-state index in [2.05, 4.69) is 10.1 Å². The highest BCUT2D eigenvalue weighted by atomic mass is 19.1. The van der Waals surface area contributed by atoms with Crippen LogP contribution in [0.3, 0.4) is 0 Å². The lowest BCUT2D eigenvalue weighted by atomic mass is 10.3. The van der Waals surface area contributed by atoms with Gasteiger partial charge in [0, 0.05) is 12.3 Å². The molecule has 0 amide bonds. The number of nitrogens with two attached hydrogens (primary N) is 2. The van der Waals surface area contributed by atoms with E-state index >= 15 is 0 Å². The summed E-state index contributed by atoms with van der Waals surface area (Å²) in [5, 5.41) is 3.17. The Morgan fingerprint density at radius 2 is 2.36 bits per heavy atom. The van der Waals surface area contributed by atoms with Gasteiger partial charge in [0.2, 0.25) is 0 Å². The zero-order valence-corrected chi connectivity index (χ0v) is 5.66. The Labute approximate surface area is 62.7 Å². The zero-order chi connectivity index (χ0) is 8.27. The topological polar surface area (TPSA) is 77.3 Å². The van der Waals surface area contributed by atoms with Crippen molar-refractivity contribution in [3.8, 4) is 0 Å². The molecule has 1 rings (SSSR count). The van der Waals surface area contributed by atoms with Gasteiger partial charge in [-0.2, -0.15) is 5.10 Å². The molecule has 11 heavy (non-hydrogen) atoms. The molecule has 4 nitrogen and oxygen atoms in total. The Morgan fingerprint density at radius 3 is 2.91 bits per heavy atom. The molecule has 1 heterocycles. The van der Waals surface area contributed by atoms with Crippen LogP contribution in [0, 0.1) is 5.82 Å². The minimum absolute atomic E-state index is 0.0181. The summed E-state index contributed by atoms with van der Waals surface area (Å²) in [6, 6.07) is 2.37. The highest BCUT2D eigenvalue weighted by Crippen LogP contribution is 1.97. The molecule has 0 spiro atoms. The SMILES string of the molecule is NN=C(N)c1cc(F)ccn1. The fourth-order valence-electron chi connectivity index (χ4n) is 0.611. The molecule has 58 valence electrons. The maximum atomic E-state index is 12.5. The fraction of sp³-hybridized carbons (Fsp3) is 0. The van der Waals surface area contributed by atoms with Crippen LogP contribution in [0.5, 0.6) is 0 Å². The average Bonchev–Trinajstić information content (AvgIpc) is 2.03. The first-order chi connectivity index (χ1) is 5.24. The van der Waals surface area contributed by atoms with E-state index in [1.807, 2.05) is 0 Å². The molecule has 1 aromatic rings. The van der Waals surface area contributed by atoms with Gasteiger partial charge >= 0.3 is 0 Å². The predicted octanol–water partition coefficient (Wildman–Crippen LogP) is -0.200. The second-order valence-corrected chi connectivity index (χ2v) is 1.87. The molecular formula is C6H7FN4. The minimum Gasteiger partial charge on any atom is -0.380 e. The standard InChI is InChI=1S/C6H7FN4/c7-4-1-2-10-5(3-4)6(8)11-9/h1-3H,9H2,(H2,8,11). The number of amidine groups is 1. The normalized spacial score (nSPS) is 11.5. The van der Waals surface area contributed by atoms with Crippen LogP contribution in [0.2, 0.25) is 0 Å². The zero-order valence-electron chi connectivity index (χ0n) is 5.66. The minimum atomic E-state index is -0.415. The number of aromatic nitrogens is 1. The summed E-state index contributed by atoms with van der Waals surface area (Å²) in [5.41, 5.74) is 5.50. The molecular weight excluding hydrogens is 147 g/mol. The summed E-state index contributed by atoms with van der Waals surface area (Å²) in [6.07, 6.45) is 1.29. The third-order valence-corrected chi connectivity index (χ3v) is 1.12. The highest BCUT2D eigenvalue weighted by Gasteiger charge is 1.99. The van der Waals surface area contributed by atoms with Crippen molar-refractivity contribution in [2.45, 2.75) is 0 Å². The van der Waals surface area contributed by atoms with Gasteiger partial charge in [-0.3, -0.25) is 4.98 Å². The Bertz CT molecular complexity index is 284. The van der Waals surface area contributed by atoms with Crippen molar-refractivity contribution < 1.29 is 4.39 Å². The highest BCUT2D eigenvalue weighted by molar-refractivity contribution is 5.95. The van der Waals surface area contributed by atoms with Gasteiger partial charge in [-0.25, -0.2) is 4.39 Å². The number of hydrazone groups is 1. The molecule has 4 N–H and O–H groups in total. The van der Waals surface area contributed by atoms with E-state index in [9.17, 15) is 4.39 Å². The van der Waals surface area contributed by atoms with Crippen LogP contribution in [-0.4, -0.2) is 10.8 Å². The molecule has 0 saturated carbocycles. The maximum absolute atomic E-state index is 12.5. The third-order valence-electron chi connectivity index (χ3n) is 1.12. The summed E-state index contributed by atoms with van der Waals surface area (Å²) < 4.78 is 12.5.